The molecule has 0 aliphatic rings. The average Bonchev–Trinajstić information content (AvgIpc) is 2.83. The molecule has 1 atom stereocenters. The zero-order chi connectivity index (χ0) is 25.6. The first-order valence-corrected chi connectivity index (χ1v) is 13.8. The van der Waals surface area contributed by atoms with E-state index >= 15 is 0 Å². The third-order valence-electron chi connectivity index (χ3n) is 6.84. The Balaban J connectivity index is 2.19. The van der Waals surface area contributed by atoms with Crippen molar-refractivity contribution in [2.45, 2.75) is 78.5 Å². The molecule has 0 aliphatic heterocycles. The molecule has 3 aromatic carbocycles. The number of rotatable bonds is 9. The van der Waals surface area contributed by atoms with E-state index in [4.69, 9.17) is 4.74 Å². The Morgan fingerprint density at radius 2 is 1.51 bits per heavy atom. The Kier molecular flexibility index (Phi) is 8.94. The van der Waals surface area contributed by atoms with Crippen LogP contribution in [0, 0.1) is 13.8 Å². The number of hydrogen-bond donors (Lipinski definition) is 0. The van der Waals surface area contributed by atoms with Crippen LogP contribution in [0.15, 0.2) is 65.7 Å². The van der Waals surface area contributed by atoms with Gasteiger partial charge in [-0.3, -0.25) is 4.99 Å². The van der Waals surface area contributed by atoms with Crippen LogP contribution >= 0.6 is 8.58 Å². The topological polar surface area (TPSA) is 21.6 Å². The smallest absolute Gasteiger partial charge is 0.127 e. The Bertz CT molecular complexity index is 1150. The third-order valence-corrected chi connectivity index (χ3v) is 9.02. The highest BCUT2D eigenvalue weighted by Gasteiger charge is 2.35. The lowest BCUT2D eigenvalue weighted by atomic mass is 9.80. The number of nitrogens with zero attached hydrogens (tertiary/aromatic N) is 1. The number of ether oxygens (including phenoxy) is 1. The van der Waals surface area contributed by atoms with Gasteiger partial charge in [-0.15, -0.1) is 0 Å². The van der Waals surface area contributed by atoms with Crippen molar-refractivity contribution in [1.29, 1.82) is 0 Å². The van der Waals surface area contributed by atoms with Gasteiger partial charge in [0.2, 0.25) is 0 Å². The molecular weight excluding hydrogens is 445 g/mol. The first-order chi connectivity index (χ1) is 16.6. The molecule has 3 rings (SSSR count). The van der Waals surface area contributed by atoms with Gasteiger partial charge in [0.1, 0.15) is 12.4 Å². The van der Waals surface area contributed by atoms with E-state index in [1.165, 1.54) is 38.7 Å². The molecule has 0 saturated carbocycles. The van der Waals surface area contributed by atoms with Gasteiger partial charge in [-0.25, -0.2) is 0 Å². The van der Waals surface area contributed by atoms with E-state index in [0.29, 0.717) is 15.2 Å². The molecule has 0 aliphatic carbocycles. The van der Waals surface area contributed by atoms with E-state index in [0.717, 1.165) is 18.6 Å². The summed E-state index contributed by atoms with van der Waals surface area (Å²) in [5, 5.41) is 1.36. The van der Waals surface area contributed by atoms with Gasteiger partial charge in [0, 0.05) is 29.5 Å². The summed E-state index contributed by atoms with van der Waals surface area (Å²) in [7, 11) is 2.48. The largest absolute Gasteiger partial charge is 0.488 e. The van der Waals surface area contributed by atoms with Crippen molar-refractivity contribution in [2.75, 3.05) is 7.05 Å². The summed E-state index contributed by atoms with van der Waals surface area (Å²) in [6, 6.07) is 22.0. The van der Waals surface area contributed by atoms with Crippen molar-refractivity contribution in [3.05, 3.63) is 94.0 Å². The lowest BCUT2D eigenvalue weighted by Crippen LogP contribution is -2.26. The van der Waals surface area contributed by atoms with E-state index in [1.54, 1.807) is 0 Å². The van der Waals surface area contributed by atoms with Crippen molar-refractivity contribution in [3.8, 4) is 5.75 Å². The number of aryl methyl sites for hydroxylation is 2. The van der Waals surface area contributed by atoms with Crippen LogP contribution in [0.25, 0.3) is 0 Å². The van der Waals surface area contributed by atoms with Crippen LogP contribution in [0.5, 0.6) is 5.75 Å². The van der Waals surface area contributed by atoms with E-state index in [-0.39, 0.29) is 10.6 Å². The molecule has 1 unspecified atom stereocenters. The van der Waals surface area contributed by atoms with E-state index < -0.39 is 0 Å². The molecule has 0 bridgehead atoms. The van der Waals surface area contributed by atoms with Gasteiger partial charge in [-0.05, 0) is 54.6 Å². The highest BCUT2D eigenvalue weighted by atomic mass is 31.1. The quantitative estimate of drug-likeness (QED) is 0.220. The summed E-state index contributed by atoms with van der Waals surface area (Å²) >= 11 is 0. The molecule has 2 nitrogen and oxygen atoms in total. The van der Waals surface area contributed by atoms with E-state index in [9.17, 15) is 0 Å². The molecule has 35 heavy (non-hydrogen) atoms. The van der Waals surface area contributed by atoms with Crippen LogP contribution in [0.1, 0.15) is 80.8 Å². The summed E-state index contributed by atoms with van der Waals surface area (Å²) in [6.45, 7) is 16.5. The molecule has 3 aromatic rings. The molecule has 0 amide bonds. The minimum absolute atomic E-state index is 0.0103. The second kappa shape index (κ2) is 11.5. The second-order valence-corrected chi connectivity index (χ2v) is 12.4. The monoisotopic (exact) mass is 487 g/mol. The molecule has 3 heteroatoms. The van der Waals surface area contributed by atoms with Crippen LogP contribution in [0.4, 0.5) is 0 Å². The molecule has 0 heterocycles. The summed E-state index contributed by atoms with van der Waals surface area (Å²) in [5.41, 5.74) is 7.61. The van der Waals surface area contributed by atoms with Gasteiger partial charge in [-0.1, -0.05) is 109 Å². The fourth-order valence-corrected chi connectivity index (χ4v) is 6.38. The second-order valence-electron chi connectivity index (χ2n) is 10.6. The first-order valence-electron chi connectivity index (χ1n) is 12.8. The fraction of sp³-hybridized carbons (Fsp3) is 0.406. The minimum atomic E-state index is -0.0208. The highest BCUT2D eigenvalue weighted by Crippen LogP contribution is 2.52. The van der Waals surface area contributed by atoms with Crippen molar-refractivity contribution in [2.24, 2.45) is 4.99 Å². The Morgan fingerprint density at radius 3 is 2.11 bits per heavy atom. The van der Waals surface area contributed by atoms with E-state index in [2.05, 4.69) is 114 Å². The molecule has 0 spiro atoms. The van der Waals surface area contributed by atoms with E-state index in [1.807, 2.05) is 13.3 Å². The molecule has 0 radical (unpaired) electrons. The molecule has 186 valence electrons. The Morgan fingerprint density at radius 1 is 0.857 bits per heavy atom. The van der Waals surface area contributed by atoms with Crippen LogP contribution in [-0.4, -0.2) is 13.3 Å². The summed E-state index contributed by atoms with van der Waals surface area (Å²) in [5.74, 6) is 1.07. The Labute approximate surface area is 215 Å². The van der Waals surface area contributed by atoms with Crippen molar-refractivity contribution >= 4 is 20.1 Å². The zero-order valence-corrected chi connectivity index (χ0v) is 23.8. The van der Waals surface area contributed by atoms with Gasteiger partial charge in [0.25, 0.3) is 0 Å². The molecular formula is C32H42NOP. The number of aliphatic imine (C=N–C) groups is 1. The van der Waals surface area contributed by atoms with Crippen LogP contribution in [0.3, 0.4) is 0 Å². The standard InChI is InChI=1S/C32H42NOP/c1-9-32(10-2,35-29-17-16-23(3)18-26(29)21-33-8)28-20-24(4)19-27(31(5,6)7)30(28)34-22-25-14-12-11-13-15-25/h11-21,35H,9-10,22H2,1-8H3/b33-21+. The van der Waals surface area contributed by atoms with Crippen LogP contribution in [-0.2, 0) is 17.2 Å². The SMILES string of the molecule is CCC(CC)(Pc1ccc(C)cc1/C=N/C)c1cc(C)cc(C(C)(C)C)c1OCc1ccccc1. The highest BCUT2D eigenvalue weighted by molar-refractivity contribution is 7.48. The summed E-state index contributed by atoms with van der Waals surface area (Å²) < 4.78 is 6.76. The lowest BCUT2D eigenvalue weighted by Gasteiger charge is -2.37. The lowest BCUT2D eigenvalue weighted by molar-refractivity contribution is 0.289. The maximum absolute atomic E-state index is 6.76. The molecule has 0 N–H and O–H groups in total. The zero-order valence-electron chi connectivity index (χ0n) is 22.8. The number of benzene rings is 3. The van der Waals surface area contributed by atoms with Crippen LogP contribution < -0.4 is 10.0 Å². The van der Waals surface area contributed by atoms with Gasteiger partial charge < -0.3 is 4.74 Å². The van der Waals surface area contributed by atoms with Gasteiger partial charge in [0.05, 0.1) is 0 Å². The van der Waals surface area contributed by atoms with Crippen molar-refractivity contribution in [3.63, 3.8) is 0 Å². The van der Waals surface area contributed by atoms with Gasteiger partial charge in [0.15, 0.2) is 0 Å². The van der Waals surface area contributed by atoms with Crippen molar-refractivity contribution in [1.82, 2.24) is 0 Å². The fourth-order valence-electron chi connectivity index (χ4n) is 4.75. The van der Waals surface area contributed by atoms with Crippen LogP contribution in [0.2, 0.25) is 0 Å². The predicted molar refractivity (Wildman–Crippen MR) is 156 cm³/mol. The number of hydrogen-bond acceptors (Lipinski definition) is 2. The van der Waals surface area contributed by atoms with Crippen molar-refractivity contribution < 1.29 is 4.74 Å². The van der Waals surface area contributed by atoms with Gasteiger partial charge in [-0.2, -0.15) is 0 Å². The summed E-state index contributed by atoms with van der Waals surface area (Å²) in [4.78, 5) is 4.36. The minimum Gasteiger partial charge on any atom is -0.488 e. The summed E-state index contributed by atoms with van der Waals surface area (Å²) in [6.07, 6.45) is 4.11. The maximum Gasteiger partial charge on any atom is 0.127 e. The normalized spacial score (nSPS) is 12.7. The Hall–Kier alpha value is -2.44. The molecule has 0 aromatic heterocycles. The first kappa shape index (κ1) is 27.2. The third kappa shape index (κ3) is 6.42. The maximum atomic E-state index is 6.76. The molecule has 0 saturated heterocycles. The van der Waals surface area contributed by atoms with Gasteiger partial charge >= 0.3 is 0 Å². The predicted octanol–water partition coefficient (Wildman–Crippen LogP) is 8.25. The average molecular weight is 488 g/mol. The molecule has 0 fully saturated rings.